The average Bonchev–Trinajstić information content (AvgIpc) is 2.38. The Morgan fingerprint density at radius 2 is 2.12 bits per heavy atom. The molecule has 0 radical (unpaired) electrons. The molecule has 1 saturated heterocycles. The lowest BCUT2D eigenvalue weighted by Gasteiger charge is -2.29. The molecule has 1 heterocycles. The molecule has 1 aromatic rings. The van der Waals surface area contributed by atoms with E-state index in [4.69, 9.17) is 9.47 Å². The Bertz CT molecular complexity index is 315. The van der Waals surface area contributed by atoms with E-state index in [2.05, 4.69) is 24.4 Å². The summed E-state index contributed by atoms with van der Waals surface area (Å²) in [6.45, 7) is 5.28. The first-order valence-electron chi connectivity index (χ1n) is 6.30. The molecule has 0 saturated carbocycles. The molecule has 3 nitrogen and oxygen atoms in total. The van der Waals surface area contributed by atoms with Gasteiger partial charge in [0.05, 0.1) is 12.7 Å². The van der Waals surface area contributed by atoms with Crippen LogP contribution in [0.15, 0.2) is 30.3 Å². The quantitative estimate of drug-likeness (QED) is 0.627. The van der Waals surface area contributed by atoms with Crippen LogP contribution in [0.1, 0.15) is 18.9 Å². The van der Waals surface area contributed by atoms with Gasteiger partial charge in [-0.25, -0.2) is 0 Å². The standard InChI is InChI=1S/C14H21NO2/c1-12-7-8-15-9-14(12)17-11-16-10-13-5-3-2-4-6-13/h2-6,12,14-15H,7-11H2,1H3. The predicted molar refractivity (Wildman–Crippen MR) is 67.6 cm³/mol. The third-order valence-electron chi connectivity index (χ3n) is 3.23. The highest BCUT2D eigenvalue weighted by Gasteiger charge is 2.21. The molecule has 1 aliphatic rings. The second kappa shape index (κ2) is 6.74. The Balaban J connectivity index is 1.63. The third-order valence-corrected chi connectivity index (χ3v) is 3.23. The van der Waals surface area contributed by atoms with Crippen molar-refractivity contribution in [3.63, 3.8) is 0 Å². The van der Waals surface area contributed by atoms with E-state index in [0.29, 0.717) is 25.4 Å². The minimum atomic E-state index is 0.291. The molecular formula is C14H21NO2. The van der Waals surface area contributed by atoms with Crippen LogP contribution in [0.25, 0.3) is 0 Å². The number of hydrogen-bond donors (Lipinski definition) is 1. The van der Waals surface area contributed by atoms with E-state index in [1.807, 2.05) is 18.2 Å². The summed E-state index contributed by atoms with van der Waals surface area (Å²) in [6.07, 6.45) is 1.48. The minimum Gasteiger partial charge on any atom is -0.351 e. The molecule has 0 amide bonds. The SMILES string of the molecule is CC1CCNCC1OCOCc1ccccc1. The van der Waals surface area contributed by atoms with Crippen molar-refractivity contribution in [2.24, 2.45) is 5.92 Å². The summed E-state index contributed by atoms with van der Waals surface area (Å²) in [4.78, 5) is 0. The molecule has 1 aromatic carbocycles. The normalized spacial score (nSPS) is 24.8. The van der Waals surface area contributed by atoms with Crippen molar-refractivity contribution in [3.8, 4) is 0 Å². The Hall–Kier alpha value is -0.900. The number of hydrogen-bond acceptors (Lipinski definition) is 3. The molecule has 1 fully saturated rings. The van der Waals surface area contributed by atoms with Gasteiger partial charge < -0.3 is 14.8 Å². The molecule has 3 heteroatoms. The topological polar surface area (TPSA) is 30.5 Å². The summed E-state index contributed by atoms with van der Waals surface area (Å²) in [5, 5.41) is 3.34. The summed E-state index contributed by atoms with van der Waals surface area (Å²) >= 11 is 0. The first kappa shape index (κ1) is 12.6. The van der Waals surface area contributed by atoms with Gasteiger partial charge in [0.25, 0.3) is 0 Å². The highest BCUT2D eigenvalue weighted by atomic mass is 16.7. The molecule has 0 bridgehead atoms. The van der Waals surface area contributed by atoms with Crippen LogP contribution in [0.5, 0.6) is 0 Å². The monoisotopic (exact) mass is 235 g/mol. The summed E-state index contributed by atoms with van der Waals surface area (Å²) in [7, 11) is 0. The average molecular weight is 235 g/mol. The summed E-state index contributed by atoms with van der Waals surface area (Å²) < 4.78 is 11.3. The summed E-state index contributed by atoms with van der Waals surface area (Å²) in [5.41, 5.74) is 1.19. The van der Waals surface area contributed by atoms with Crippen molar-refractivity contribution >= 4 is 0 Å². The second-order valence-corrected chi connectivity index (χ2v) is 4.63. The maximum Gasteiger partial charge on any atom is 0.147 e. The van der Waals surface area contributed by atoms with E-state index >= 15 is 0 Å². The molecular weight excluding hydrogens is 214 g/mol. The fraction of sp³-hybridized carbons (Fsp3) is 0.571. The Labute approximate surface area is 103 Å². The Kier molecular flexibility index (Phi) is 4.98. The molecule has 0 spiro atoms. The molecule has 2 atom stereocenters. The summed E-state index contributed by atoms with van der Waals surface area (Å²) in [6, 6.07) is 10.2. The van der Waals surface area contributed by atoms with Gasteiger partial charge in [-0.05, 0) is 24.4 Å². The maximum atomic E-state index is 5.73. The van der Waals surface area contributed by atoms with Crippen LogP contribution in [-0.4, -0.2) is 26.0 Å². The van der Waals surface area contributed by atoms with Crippen molar-refractivity contribution in [2.75, 3.05) is 19.9 Å². The van der Waals surface area contributed by atoms with Gasteiger partial charge in [-0.3, -0.25) is 0 Å². The zero-order valence-electron chi connectivity index (χ0n) is 10.4. The van der Waals surface area contributed by atoms with Crippen LogP contribution >= 0.6 is 0 Å². The van der Waals surface area contributed by atoms with Crippen molar-refractivity contribution in [2.45, 2.75) is 26.1 Å². The van der Waals surface area contributed by atoms with E-state index in [9.17, 15) is 0 Å². The fourth-order valence-corrected chi connectivity index (χ4v) is 2.05. The molecule has 17 heavy (non-hydrogen) atoms. The van der Waals surface area contributed by atoms with Crippen LogP contribution in [0.3, 0.4) is 0 Å². The number of benzene rings is 1. The van der Waals surface area contributed by atoms with E-state index < -0.39 is 0 Å². The van der Waals surface area contributed by atoms with Gasteiger partial charge in [-0.15, -0.1) is 0 Å². The maximum absolute atomic E-state index is 5.73. The smallest absolute Gasteiger partial charge is 0.147 e. The van der Waals surface area contributed by atoms with Crippen LogP contribution in [0.4, 0.5) is 0 Å². The zero-order chi connectivity index (χ0) is 11.9. The Morgan fingerprint density at radius 1 is 1.29 bits per heavy atom. The molecule has 0 aliphatic carbocycles. The van der Waals surface area contributed by atoms with Gasteiger partial charge >= 0.3 is 0 Å². The van der Waals surface area contributed by atoms with Crippen molar-refractivity contribution in [1.29, 1.82) is 0 Å². The number of rotatable bonds is 5. The number of ether oxygens (including phenoxy) is 2. The second-order valence-electron chi connectivity index (χ2n) is 4.63. The molecule has 2 rings (SSSR count). The fourth-order valence-electron chi connectivity index (χ4n) is 2.05. The number of piperidine rings is 1. The van der Waals surface area contributed by atoms with Crippen molar-refractivity contribution < 1.29 is 9.47 Å². The van der Waals surface area contributed by atoms with E-state index in [1.165, 1.54) is 12.0 Å². The van der Waals surface area contributed by atoms with Crippen LogP contribution in [-0.2, 0) is 16.1 Å². The van der Waals surface area contributed by atoms with Crippen LogP contribution in [0.2, 0.25) is 0 Å². The first-order chi connectivity index (χ1) is 8.36. The van der Waals surface area contributed by atoms with E-state index in [-0.39, 0.29) is 0 Å². The predicted octanol–water partition coefficient (Wildman–Crippen LogP) is 2.18. The summed E-state index contributed by atoms with van der Waals surface area (Å²) in [5.74, 6) is 0.622. The van der Waals surface area contributed by atoms with Crippen molar-refractivity contribution in [1.82, 2.24) is 5.32 Å². The van der Waals surface area contributed by atoms with Gasteiger partial charge in [0.1, 0.15) is 6.79 Å². The van der Waals surface area contributed by atoms with Gasteiger partial charge in [-0.2, -0.15) is 0 Å². The lowest BCUT2D eigenvalue weighted by molar-refractivity contribution is -0.114. The lowest BCUT2D eigenvalue weighted by Crippen LogP contribution is -2.41. The highest BCUT2D eigenvalue weighted by molar-refractivity contribution is 5.13. The van der Waals surface area contributed by atoms with Gasteiger partial charge in [0.2, 0.25) is 0 Å². The minimum absolute atomic E-state index is 0.291. The molecule has 1 N–H and O–H groups in total. The Morgan fingerprint density at radius 3 is 2.88 bits per heavy atom. The van der Waals surface area contributed by atoms with Gasteiger partial charge in [0, 0.05) is 6.54 Å². The van der Waals surface area contributed by atoms with E-state index in [0.717, 1.165) is 13.1 Å². The highest BCUT2D eigenvalue weighted by Crippen LogP contribution is 2.14. The molecule has 1 aliphatic heterocycles. The van der Waals surface area contributed by atoms with Gasteiger partial charge in [-0.1, -0.05) is 37.3 Å². The molecule has 2 unspecified atom stereocenters. The van der Waals surface area contributed by atoms with Crippen LogP contribution < -0.4 is 5.32 Å². The number of nitrogens with one attached hydrogen (secondary N) is 1. The van der Waals surface area contributed by atoms with Crippen LogP contribution in [0, 0.1) is 5.92 Å². The zero-order valence-corrected chi connectivity index (χ0v) is 10.4. The largest absolute Gasteiger partial charge is 0.351 e. The van der Waals surface area contributed by atoms with E-state index in [1.54, 1.807) is 0 Å². The third kappa shape index (κ3) is 4.11. The molecule has 94 valence electrons. The lowest BCUT2D eigenvalue weighted by atomic mass is 9.97. The first-order valence-corrected chi connectivity index (χ1v) is 6.30. The van der Waals surface area contributed by atoms with Gasteiger partial charge in [0.15, 0.2) is 0 Å². The molecule has 0 aromatic heterocycles. The van der Waals surface area contributed by atoms with Crippen molar-refractivity contribution in [3.05, 3.63) is 35.9 Å².